The quantitative estimate of drug-likeness (QED) is 0.793. The van der Waals surface area contributed by atoms with E-state index in [2.05, 4.69) is 10.6 Å². The van der Waals surface area contributed by atoms with Gasteiger partial charge in [0, 0.05) is 18.3 Å². The Balaban J connectivity index is 1.94. The SMILES string of the molecule is CCNC(=O)c1ccc(NC(=O)COc2cccc(OC)c2)cc1Cl. The van der Waals surface area contributed by atoms with Crippen molar-refractivity contribution in [3.05, 3.63) is 53.1 Å². The van der Waals surface area contributed by atoms with Crippen LogP contribution in [0.25, 0.3) is 0 Å². The Morgan fingerprint density at radius 3 is 2.56 bits per heavy atom. The lowest BCUT2D eigenvalue weighted by molar-refractivity contribution is -0.118. The third kappa shape index (κ3) is 5.39. The van der Waals surface area contributed by atoms with E-state index in [0.717, 1.165) is 0 Å². The van der Waals surface area contributed by atoms with Gasteiger partial charge in [0.1, 0.15) is 11.5 Å². The van der Waals surface area contributed by atoms with E-state index in [1.165, 1.54) is 6.07 Å². The van der Waals surface area contributed by atoms with E-state index in [1.54, 1.807) is 43.5 Å². The van der Waals surface area contributed by atoms with Gasteiger partial charge >= 0.3 is 0 Å². The fourth-order valence-electron chi connectivity index (χ4n) is 2.07. The molecule has 0 bridgehead atoms. The van der Waals surface area contributed by atoms with Gasteiger partial charge in [-0.3, -0.25) is 9.59 Å². The molecule has 2 aromatic rings. The maximum atomic E-state index is 12.0. The first-order valence-corrected chi connectivity index (χ1v) is 8.05. The molecule has 0 spiro atoms. The topological polar surface area (TPSA) is 76.7 Å². The molecule has 0 saturated carbocycles. The monoisotopic (exact) mass is 362 g/mol. The lowest BCUT2D eigenvalue weighted by Crippen LogP contribution is -2.23. The molecule has 6 nitrogen and oxygen atoms in total. The van der Waals surface area contributed by atoms with Gasteiger partial charge in [0.25, 0.3) is 11.8 Å². The minimum atomic E-state index is -0.343. The highest BCUT2D eigenvalue weighted by molar-refractivity contribution is 6.34. The Morgan fingerprint density at radius 2 is 1.88 bits per heavy atom. The lowest BCUT2D eigenvalue weighted by Gasteiger charge is -2.10. The fraction of sp³-hybridized carbons (Fsp3) is 0.222. The Bertz CT molecular complexity index is 764. The second kappa shape index (κ2) is 8.94. The standard InChI is InChI=1S/C18H19ClN2O4/c1-3-20-18(23)15-8-7-12(9-16(15)19)21-17(22)11-25-14-6-4-5-13(10-14)24-2/h4-10H,3,11H2,1-2H3,(H,20,23)(H,21,22). The van der Waals surface area contributed by atoms with Crippen LogP contribution in [0, 0.1) is 0 Å². The molecule has 0 radical (unpaired) electrons. The van der Waals surface area contributed by atoms with Crippen LogP contribution in [0.1, 0.15) is 17.3 Å². The van der Waals surface area contributed by atoms with E-state index in [4.69, 9.17) is 21.1 Å². The largest absolute Gasteiger partial charge is 0.497 e. The maximum Gasteiger partial charge on any atom is 0.262 e. The van der Waals surface area contributed by atoms with Crippen molar-refractivity contribution < 1.29 is 19.1 Å². The minimum Gasteiger partial charge on any atom is -0.497 e. The number of methoxy groups -OCH3 is 1. The first-order valence-electron chi connectivity index (χ1n) is 7.68. The number of ether oxygens (including phenoxy) is 2. The number of amides is 2. The molecule has 2 N–H and O–H groups in total. The van der Waals surface area contributed by atoms with E-state index in [9.17, 15) is 9.59 Å². The number of anilines is 1. The number of carbonyl (C=O) groups is 2. The number of nitrogens with one attached hydrogen (secondary N) is 2. The van der Waals surface area contributed by atoms with E-state index < -0.39 is 0 Å². The molecule has 7 heteroatoms. The molecule has 0 heterocycles. The van der Waals surface area contributed by atoms with Gasteiger partial charge in [-0.05, 0) is 37.3 Å². The summed E-state index contributed by atoms with van der Waals surface area (Å²) in [5, 5.41) is 5.60. The first kappa shape index (κ1) is 18.6. The zero-order valence-electron chi connectivity index (χ0n) is 14.0. The Hall–Kier alpha value is -2.73. The molecule has 132 valence electrons. The molecule has 0 aliphatic carbocycles. The molecule has 2 amide bonds. The average Bonchev–Trinajstić information content (AvgIpc) is 2.60. The summed E-state index contributed by atoms with van der Waals surface area (Å²) in [6.07, 6.45) is 0. The van der Waals surface area contributed by atoms with Gasteiger partial charge in [0.15, 0.2) is 6.61 Å². The van der Waals surface area contributed by atoms with Gasteiger partial charge in [0.05, 0.1) is 17.7 Å². The van der Waals surface area contributed by atoms with Crippen LogP contribution in [0.15, 0.2) is 42.5 Å². The Kier molecular flexibility index (Phi) is 6.65. The van der Waals surface area contributed by atoms with Crippen LogP contribution in [0.4, 0.5) is 5.69 Å². The number of rotatable bonds is 7. The molecule has 0 aromatic heterocycles. The molecule has 25 heavy (non-hydrogen) atoms. The molecule has 0 unspecified atom stereocenters. The van der Waals surface area contributed by atoms with Crippen LogP contribution in [0.2, 0.25) is 5.02 Å². The van der Waals surface area contributed by atoms with Crippen molar-refractivity contribution in [1.29, 1.82) is 0 Å². The predicted molar refractivity (Wildman–Crippen MR) is 96.6 cm³/mol. The van der Waals surface area contributed by atoms with E-state index in [-0.39, 0.29) is 23.4 Å². The zero-order chi connectivity index (χ0) is 18.2. The number of carbonyl (C=O) groups excluding carboxylic acids is 2. The highest BCUT2D eigenvalue weighted by Gasteiger charge is 2.11. The Labute approximate surface area is 151 Å². The van der Waals surface area contributed by atoms with Crippen molar-refractivity contribution >= 4 is 29.1 Å². The van der Waals surface area contributed by atoms with Crippen molar-refractivity contribution in [3.8, 4) is 11.5 Å². The summed E-state index contributed by atoms with van der Waals surface area (Å²) >= 11 is 6.09. The van der Waals surface area contributed by atoms with Crippen molar-refractivity contribution in [3.63, 3.8) is 0 Å². The molecular formula is C18H19ClN2O4. The number of benzene rings is 2. The highest BCUT2D eigenvalue weighted by atomic mass is 35.5. The lowest BCUT2D eigenvalue weighted by atomic mass is 10.2. The fourth-order valence-corrected chi connectivity index (χ4v) is 2.34. The molecule has 0 fully saturated rings. The summed E-state index contributed by atoms with van der Waals surface area (Å²) in [5.41, 5.74) is 0.839. The number of hydrogen-bond donors (Lipinski definition) is 2. The van der Waals surface area contributed by atoms with Crippen molar-refractivity contribution in [2.45, 2.75) is 6.92 Å². The highest BCUT2D eigenvalue weighted by Crippen LogP contribution is 2.21. The normalized spacial score (nSPS) is 10.0. The number of hydrogen-bond acceptors (Lipinski definition) is 4. The average molecular weight is 363 g/mol. The van der Waals surface area contributed by atoms with Crippen LogP contribution in [0.5, 0.6) is 11.5 Å². The first-order chi connectivity index (χ1) is 12.0. The Morgan fingerprint density at radius 1 is 1.12 bits per heavy atom. The molecule has 2 rings (SSSR count). The predicted octanol–water partition coefficient (Wildman–Crippen LogP) is 3.12. The summed E-state index contributed by atoms with van der Waals surface area (Å²) in [6, 6.07) is 11.7. The molecule has 0 aliphatic rings. The van der Waals surface area contributed by atoms with Gasteiger partial charge < -0.3 is 20.1 Å². The van der Waals surface area contributed by atoms with Crippen molar-refractivity contribution in [2.24, 2.45) is 0 Å². The van der Waals surface area contributed by atoms with Crippen molar-refractivity contribution in [2.75, 3.05) is 25.6 Å². The molecule has 0 saturated heterocycles. The summed E-state index contributed by atoms with van der Waals surface area (Å²) in [5.74, 6) is 0.570. The van der Waals surface area contributed by atoms with Crippen molar-refractivity contribution in [1.82, 2.24) is 5.32 Å². The smallest absolute Gasteiger partial charge is 0.262 e. The van der Waals surface area contributed by atoms with Crippen LogP contribution in [-0.2, 0) is 4.79 Å². The van der Waals surface area contributed by atoms with E-state index in [1.807, 2.05) is 6.92 Å². The van der Waals surface area contributed by atoms with Gasteiger partial charge in [-0.1, -0.05) is 17.7 Å². The maximum absolute atomic E-state index is 12.0. The summed E-state index contributed by atoms with van der Waals surface area (Å²) < 4.78 is 10.5. The van der Waals surface area contributed by atoms with Gasteiger partial charge in [-0.2, -0.15) is 0 Å². The summed E-state index contributed by atoms with van der Waals surface area (Å²) in [7, 11) is 1.56. The molecule has 0 aliphatic heterocycles. The van der Waals surface area contributed by atoms with Crippen LogP contribution in [-0.4, -0.2) is 32.1 Å². The van der Waals surface area contributed by atoms with E-state index in [0.29, 0.717) is 29.3 Å². The zero-order valence-corrected chi connectivity index (χ0v) is 14.7. The summed E-state index contributed by atoms with van der Waals surface area (Å²) in [4.78, 5) is 23.8. The van der Waals surface area contributed by atoms with Crippen LogP contribution < -0.4 is 20.1 Å². The van der Waals surface area contributed by atoms with Gasteiger partial charge in [-0.25, -0.2) is 0 Å². The van der Waals surface area contributed by atoms with Gasteiger partial charge in [0.2, 0.25) is 0 Å². The van der Waals surface area contributed by atoms with E-state index >= 15 is 0 Å². The molecule has 2 aromatic carbocycles. The third-order valence-electron chi connectivity index (χ3n) is 3.25. The molecular weight excluding hydrogens is 344 g/mol. The third-order valence-corrected chi connectivity index (χ3v) is 3.56. The van der Waals surface area contributed by atoms with Crippen LogP contribution >= 0.6 is 11.6 Å². The van der Waals surface area contributed by atoms with Crippen LogP contribution in [0.3, 0.4) is 0 Å². The minimum absolute atomic E-state index is 0.164. The second-order valence-corrected chi connectivity index (χ2v) is 5.48. The van der Waals surface area contributed by atoms with Gasteiger partial charge in [-0.15, -0.1) is 0 Å². The number of halogens is 1. The second-order valence-electron chi connectivity index (χ2n) is 5.07. The summed E-state index contributed by atoms with van der Waals surface area (Å²) in [6.45, 7) is 2.17. The molecule has 0 atom stereocenters.